The van der Waals surface area contributed by atoms with Crippen molar-refractivity contribution in [2.24, 2.45) is 5.92 Å². The Morgan fingerprint density at radius 3 is 2.11 bits per heavy atom. The molecule has 0 bridgehead atoms. The molecule has 0 radical (unpaired) electrons. The second-order valence-electron chi connectivity index (χ2n) is 3.60. The van der Waals surface area contributed by atoms with E-state index >= 15 is 0 Å². The Balaban J connectivity index is 2.35. The molecular formula is C8H15F. The fourth-order valence-electron chi connectivity index (χ4n) is 1.36. The smallest absolute Gasteiger partial charge is 0.108 e. The summed E-state index contributed by atoms with van der Waals surface area (Å²) in [6.07, 6.45) is 3.70. The second-order valence-corrected chi connectivity index (χ2v) is 3.60. The topological polar surface area (TPSA) is 0 Å². The van der Waals surface area contributed by atoms with Crippen molar-refractivity contribution in [3.8, 4) is 0 Å². The molecule has 0 heterocycles. The predicted molar refractivity (Wildman–Crippen MR) is 37.1 cm³/mol. The van der Waals surface area contributed by atoms with Gasteiger partial charge < -0.3 is 0 Å². The molecule has 0 aliphatic heterocycles. The van der Waals surface area contributed by atoms with Gasteiger partial charge in [-0.25, -0.2) is 4.39 Å². The zero-order chi connectivity index (χ0) is 6.91. The van der Waals surface area contributed by atoms with Crippen LogP contribution in [0, 0.1) is 5.92 Å². The third-order valence-electron chi connectivity index (χ3n) is 2.32. The molecule has 0 spiro atoms. The van der Waals surface area contributed by atoms with E-state index in [1.807, 2.05) is 0 Å². The van der Waals surface area contributed by atoms with Gasteiger partial charge in [0.25, 0.3) is 0 Å². The Morgan fingerprint density at radius 1 is 1.33 bits per heavy atom. The Bertz CT molecular complexity index is 86.7. The van der Waals surface area contributed by atoms with E-state index in [1.165, 1.54) is 0 Å². The Labute approximate surface area is 56.5 Å². The monoisotopic (exact) mass is 130 g/mol. The van der Waals surface area contributed by atoms with Gasteiger partial charge in [-0.2, -0.15) is 0 Å². The van der Waals surface area contributed by atoms with Gasteiger partial charge in [-0.1, -0.05) is 6.92 Å². The third-order valence-corrected chi connectivity index (χ3v) is 2.32. The number of alkyl halides is 1. The lowest BCUT2D eigenvalue weighted by atomic mass is 9.82. The SMILES string of the molecule is C[C@H]1CC[C@](C)(F)CC1. The molecule has 1 rings (SSSR count). The molecule has 1 fully saturated rings. The van der Waals surface area contributed by atoms with Crippen LogP contribution in [0.25, 0.3) is 0 Å². The van der Waals surface area contributed by atoms with E-state index < -0.39 is 5.67 Å². The van der Waals surface area contributed by atoms with Gasteiger partial charge in [0.1, 0.15) is 5.67 Å². The van der Waals surface area contributed by atoms with E-state index in [0.29, 0.717) is 0 Å². The predicted octanol–water partition coefficient (Wildman–Crippen LogP) is 2.92. The van der Waals surface area contributed by atoms with Crippen LogP contribution < -0.4 is 0 Å². The lowest BCUT2D eigenvalue weighted by Gasteiger charge is -2.28. The van der Waals surface area contributed by atoms with Crippen molar-refractivity contribution in [3.63, 3.8) is 0 Å². The van der Waals surface area contributed by atoms with Gasteiger partial charge in [0.15, 0.2) is 0 Å². The van der Waals surface area contributed by atoms with Gasteiger partial charge in [-0.15, -0.1) is 0 Å². The maximum atomic E-state index is 13.0. The molecule has 9 heavy (non-hydrogen) atoms. The highest BCUT2D eigenvalue weighted by atomic mass is 19.1. The summed E-state index contributed by atoms with van der Waals surface area (Å²) in [7, 11) is 0. The van der Waals surface area contributed by atoms with Crippen LogP contribution in [-0.2, 0) is 0 Å². The summed E-state index contributed by atoms with van der Waals surface area (Å²) in [6, 6.07) is 0. The van der Waals surface area contributed by atoms with Crippen LogP contribution in [0.5, 0.6) is 0 Å². The first kappa shape index (κ1) is 7.04. The summed E-state index contributed by atoms with van der Waals surface area (Å²) in [5.74, 6) is 0.758. The zero-order valence-corrected chi connectivity index (χ0v) is 6.28. The first-order valence-corrected chi connectivity index (χ1v) is 3.79. The lowest BCUT2D eigenvalue weighted by Crippen LogP contribution is -2.24. The molecule has 0 aromatic rings. The number of hydrogen-bond acceptors (Lipinski definition) is 0. The summed E-state index contributed by atoms with van der Waals surface area (Å²) in [5.41, 5.74) is -0.841. The molecule has 1 saturated carbocycles. The van der Waals surface area contributed by atoms with E-state index in [9.17, 15) is 4.39 Å². The Hall–Kier alpha value is -0.0700. The maximum Gasteiger partial charge on any atom is 0.108 e. The van der Waals surface area contributed by atoms with E-state index in [4.69, 9.17) is 0 Å². The van der Waals surface area contributed by atoms with Crippen molar-refractivity contribution in [1.82, 2.24) is 0 Å². The van der Waals surface area contributed by atoms with Crippen LogP contribution in [-0.4, -0.2) is 5.67 Å². The average molecular weight is 130 g/mol. The quantitative estimate of drug-likeness (QED) is 0.473. The normalized spacial score (nSPS) is 45.0. The van der Waals surface area contributed by atoms with Gasteiger partial charge in [0.05, 0.1) is 0 Å². The highest BCUT2D eigenvalue weighted by molar-refractivity contribution is 4.79. The highest BCUT2D eigenvalue weighted by Gasteiger charge is 2.28. The molecule has 0 amide bonds. The fraction of sp³-hybridized carbons (Fsp3) is 1.00. The molecule has 1 aliphatic rings. The van der Waals surface area contributed by atoms with Crippen molar-refractivity contribution in [2.45, 2.75) is 45.2 Å². The Kier molecular flexibility index (Phi) is 1.78. The minimum absolute atomic E-state index is 0.758. The van der Waals surface area contributed by atoms with E-state index in [-0.39, 0.29) is 0 Å². The maximum absolute atomic E-state index is 13.0. The van der Waals surface area contributed by atoms with Crippen molar-refractivity contribution < 1.29 is 4.39 Å². The van der Waals surface area contributed by atoms with Crippen molar-refractivity contribution in [2.75, 3.05) is 0 Å². The van der Waals surface area contributed by atoms with E-state index in [1.54, 1.807) is 6.92 Å². The van der Waals surface area contributed by atoms with Crippen molar-refractivity contribution in [1.29, 1.82) is 0 Å². The van der Waals surface area contributed by atoms with E-state index in [0.717, 1.165) is 31.6 Å². The van der Waals surface area contributed by atoms with Gasteiger partial charge in [0.2, 0.25) is 0 Å². The minimum Gasteiger partial charge on any atom is -0.244 e. The highest BCUT2D eigenvalue weighted by Crippen LogP contribution is 2.33. The molecule has 0 nitrogen and oxygen atoms in total. The number of halogens is 1. The molecular weight excluding hydrogens is 115 g/mol. The molecule has 0 N–H and O–H groups in total. The summed E-state index contributed by atoms with van der Waals surface area (Å²) < 4.78 is 13.0. The van der Waals surface area contributed by atoms with Gasteiger partial charge in [-0.05, 0) is 38.5 Å². The molecule has 0 aromatic carbocycles. The first-order chi connectivity index (χ1) is 4.10. The summed E-state index contributed by atoms with van der Waals surface area (Å²) in [5, 5.41) is 0. The molecule has 0 saturated heterocycles. The summed E-state index contributed by atoms with van der Waals surface area (Å²) in [4.78, 5) is 0. The summed E-state index contributed by atoms with van der Waals surface area (Å²) in [6.45, 7) is 3.92. The molecule has 1 heteroatoms. The summed E-state index contributed by atoms with van der Waals surface area (Å²) >= 11 is 0. The first-order valence-electron chi connectivity index (χ1n) is 3.79. The lowest BCUT2D eigenvalue weighted by molar-refractivity contribution is 0.108. The molecule has 0 aromatic heterocycles. The van der Waals surface area contributed by atoms with Crippen LogP contribution in [0.4, 0.5) is 4.39 Å². The van der Waals surface area contributed by atoms with Gasteiger partial charge >= 0.3 is 0 Å². The molecule has 0 atom stereocenters. The zero-order valence-electron chi connectivity index (χ0n) is 6.28. The standard InChI is InChI=1S/C8H15F/c1-7-3-5-8(2,9)6-4-7/h7H,3-6H2,1-2H3/t7-,8-. The van der Waals surface area contributed by atoms with Crippen LogP contribution >= 0.6 is 0 Å². The van der Waals surface area contributed by atoms with E-state index in [2.05, 4.69) is 6.92 Å². The number of rotatable bonds is 0. The average Bonchev–Trinajstić information content (AvgIpc) is 1.78. The van der Waals surface area contributed by atoms with Crippen LogP contribution in [0.15, 0.2) is 0 Å². The fourth-order valence-corrected chi connectivity index (χ4v) is 1.36. The molecule has 0 unspecified atom stereocenters. The third kappa shape index (κ3) is 1.96. The van der Waals surface area contributed by atoms with Crippen LogP contribution in [0.2, 0.25) is 0 Å². The largest absolute Gasteiger partial charge is 0.244 e. The Morgan fingerprint density at radius 2 is 1.78 bits per heavy atom. The molecule has 54 valence electrons. The van der Waals surface area contributed by atoms with Gasteiger partial charge in [0, 0.05) is 0 Å². The minimum atomic E-state index is -0.841. The van der Waals surface area contributed by atoms with Crippen molar-refractivity contribution in [3.05, 3.63) is 0 Å². The van der Waals surface area contributed by atoms with Crippen LogP contribution in [0.3, 0.4) is 0 Å². The van der Waals surface area contributed by atoms with Crippen LogP contribution in [0.1, 0.15) is 39.5 Å². The molecule has 1 aliphatic carbocycles. The van der Waals surface area contributed by atoms with Crippen molar-refractivity contribution >= 4 is 0 Å². The van der Waals surface area contributed by atoms with Gasteiger partial charge in [-0.3, -0.25) is 0 Å². The number of hydrogen-bond donors (Lipinski definition) is 0. The second kappa shape index (κ2) is 2.28.